The lowest BCUT2D eigenvalue weighted by Gasteiger charge is -2.37. The maximum absolute atomic E-state index is 12.7. The van der Waals surface area contributed by atoms with Crippen LogP contribution in [0.15, 0.2) is 51.6 Å². The number of halogens is 2. The lowest BCUT2D eigenvalue weighted by atomic mass is 10.2. The highest BCUT2D eigenvalue weighted by Crippen LogP contribution is 2.26. The first-order valence-corrected chi connectivity index (χ1v) is 13.1. The van der Waals surface area contributed by atoms with E-state index in [-0.39, 0.29) is 17.5 Å². The molecule has 0 bridgehead atoms. The first kappa shape index (κ1) is 23.2. The van der Waals surface area contributed by atoms with Crippen LogP contribution in [0.1, 0.15) is 10.9 Å². The lowest BCUT2D eigenvalue weighted by Crippen LogP contribution is -2.48. The smallest absolute Gasteiger partial charge is 0.304 e. The standard InChI is InChI=1S/C18H23F2N3O4S3/c1-22-8-10-23(11-9-22)16(17-3-2-12-28-17)13-21-30(26,27)15-6-4-14(5-7-15)29(24,25)18(19)20/h2-7,12,16,18,21H,8-11,13H2,1H3. The van der Waals surface area contributed by atoms with E-state index in [0.29, 0.717) is 0 Å². The van der Waals surface area contributed by atoms with E-state index in [2.05, 4.69) is 14.5 Å². The van der Waals surface area contributed by atoms with Crippen LogP contribution in [0.4, 0.5) is 8.78 Å². The zero-order valence-electron chi connectivity index (χ0n) is 16.2. The topological polar surface area (TPSA) is 86.8 Å². The van der Waals surface area contributed by atoms with Crippen molar-refractivity contribution in [1.82, 2.24) is 14.5 Å². The zero-order chi connectivity index (χ0) is 21.9. The molecule has 1 unspecified atom stereocenters. The van der Waals surface area contributed by atoms with Crippen molar-refractivity contribution in [3.05, 3.63) is 46.7 Å². The first-order chi connectivity index (χ1) is 14.1. The predicted molar refractivity (Wildman–Crippen MR) is 111 cm³/mol. The molecule has 1 atom stereocenters. The van der Waals surface area contributed by atoms with Crippen LogP contribution in [-0.2, 0) is 19.9 Å². The molecule has 7 nitrogen and oxygen atoms in total. The Balaban J connectivity index is 1.75. The minimum atomic E-state index is -4.77. The summed E-state index contributed by atoms with van der Waals surface area (Å²) in [6.07, 6.45) is 0. The summed E-state index contributed by atoms with van der Waals surface area (Å²) in [5, 5.41) is 1.94. The third kappa shape index (κ3) is 5.24. The molecule has 166 valence electrons. The number of thiophene rings is 1. The number of sulfone groups is 1. The Morgan fingerprint density at radius 1 is 1.00 bits per heavy atom. The summed E-state index contributed by atoms with van der Waals surface area (Å²) < 4.78 is 76.3. The summed E-state index contributed by atoms with van der Waals surface area (Å²) in [5.74, 6) is -3.56. The quantitative estimate of drug-likeness (QED) is 0.623. The van der Waals surface area contributed by atoms with Gasteiger partial charge in [0.25, 0.3) is 0 Å². The molecule has 30 heavy (non-hydrogen) atoms. The number of nitrogens with zero attached hydrogens (tertiary/aromatic N) is 2. The van der Waals surface area contributed by atoms with E-state index in [0.717, 1.165) is 55.3 Å². The SMILES string of the molecule is CN1CCN(C(CNS(=O)(=O)c2ccc(S(=O)(=O)C(F)F)cc2)c2cccs2)CC1. The van der Waals surface area contributed by atoms with Gasteiger partial charge in [-0.2, -0.15) is 8.78 Å². The fraction of sp³-hybridized carbons (Fsp3) is 0.444. The van der Waals surface area contributed by atoms with Crippen molar-refractivity contribution in [2.45, 2.75) is 21.6 Å². The number of benzene rings is 1. The van der Waals surface area contributed by atoms with Gasteiger partial charge in [-0.25, -0.2) is 21.6 Å². The molecule has 1 aromatic carbocycles. The first-order valence-electron chi connectivity index (χ1n) is 9.19. The van der Waals surface area contributed by atoms with Gasteiger partial charge in [-0.3, -0.25) is 4.90 Å². The van der Waals surface area contributed by atoms with Crippen LogP contribution in [0.5, 0.6) is 0 Å². The number of sulfonamides is 1. The number of hydrogen-bond donors (Lipinski definition) is 1. The van der Waals surface area contributed by atoms with E-state index in [1.807, 2.05) is 24.6 Å². The third-order valence-corrected chi connectivity index (χ3v) is 8.83. The Bertz CT molecular complexity index is 1030. The van der Waals surface area contributed by atoms with E-state index >= 15 is 0 Å². The fourth-order valence-electron chi connectivity index (χ4n) is 3.21. The van der Waals surface area contributed by atoms with Gasteiger partial charge in [0.15, 0.2) is 0 Å². The Morgan fingerprint density at radius 2 is 1.60 bits per heavy atom. The van der Waals surface area contributed by atoms with Crippen molar-refractivity contribution in [1.29, 1.82) is 0 Å². The molecular formula is C18H23F2N3O4S3. The lowest BCUT2D eigenvalue weighted by molar-refractivity contribution is 0.114. The zero-order valence-corrected chi connectivity index (χ0v) is 18.7. The number of rotatable bonds is 8. The Kier molecular flexibility index (Phi) is 7.25. The highest BCUT2D eigenvalue weighted by molar-refractivity contribution is 7.91. The number of alkyl halides is 2. The molecule has 1 N–H and O–H groups in total. The highest BCUT2D eigenvalue weighted by Gasteiger charge is 2.28. The average Bonchev–Trinajstić information content (AvgIpc) is 3.24. The summed E-state index contributed by atoms with van der Waals surface area (Å²) >= 11 is 1.55. The van der Waals surface area contributed by atoms with Crippen molar-refractivity contribution in [2.24, 2.45) is 0 Å². The number of likely N-dealkylation sites (N-methyl/N-ethyl adjacent to an activating group) is 1. The highest BCUT2D eigenvalue weighted by atomic mass is 32.2. The van der Waals surface area contributed by atoms with Gasteiger partial charge in [0.1, 0.15) is 0 Å². The van der Waals surface area contributed by atoms with E-state index in [4.69, 9.17) is 0 Å². The van der Waals surface area contributed by atoms with E-state index < -0.39 is 30.5 Å². The molecule has 0 saturated carbocycles. The fourth-order valence-corrected chi connectivity index (χ4v) is 5.83. The van der Waals surface area contributed by atoms with Crippen LogP contribution in [-0.4, -0.2) is 72.2 Å². The molecular weight excluding hydrogens is 456 g/mol. The average molecular weight is 480 g/mol. The summed E-state index contributed by atoms with van der Waals surface area (Å²) in [6.45, 7) is 3.52. The van der Waals surface area contributed by atoms with Gasteiger partial charge in [-0.15, -0.1) is 11.3 Å². The summed E-state index contributed by atoms with van der Waals surface area (Å²) in [6, 6.07) is 7.56. The maximum atomic E-state index is 12.7. The summed E-state index contributed by atoms with van der Waals surface area (Å²) in [7, 11) is -6.67. The monoisotopic (exact) mass is 479 g/mol. The van der Waals surface area contributed by atoms with Gasteiger partial charge in [0.2, 0.25) is 19.9 Å². The van der Waals surface area contributed by atoms with E-state index in [9.17, 15) is 25.6 Å². The van der Waals surface area contributed by atoms with E-state index in [1.165, 1.54) is 0 Å². The van der Waals surface area contributed by atoms with Gasteiger partial charge in [0.05, 0.1) is 15.8 Å². The largest absolute Gasteiger partial charge is 0.341 e. The second kappa shape index (κ2) is 9.37. The minimum Gasteiger partial charge on any atom is -0.304 e. The van der Waals surface area contributed by atoms with Crippen LogP contribution in [0, 0.1) is 0 Å². The van der Waals surface area contributed by atoms with Crippen molar-refractivity contribution >= 4 is 31.2 Å². The molecule has 1 aliphatic heterocycles. The van der Waals surface area contributed by atoms with Crippen molar-refractivity contribution in [2.75, 3.05) is 39.8 Å². The van der Waals surface area contributed by atoms with Crippen LogP contribution in [0.2, 0.25) is 0 Å². The van der Waals surface area contributed by atoms with Gasteiger partial charge in [-0.05, 0) is 42.8 Å². The second-order valence-corrected chi connectivity index (χ2v) is 11.7. The van der Waals surface area contributed by atoms with Gasteiger partial charge >= 0.3 is 5.76 Å². The molecule has 0 aliphatic carbocycles. The normalized spacial score (nSPS) is 18.0. The number of hydrogen-bond acceptors (Lipinski definition) is 7. The molecule has 0 amide bonds. The predicted octanol–water partition coefficient (Wildman–Crippen LogP) is 2.01. The van der Waals surface area contributed by atoms with Crippen molar-refractivity contribution in [3.63, 3.8) is 0 Å². The third-order valence-electron chi connectivity index (χ3n) is 5.01. The van der Waals surface area contributed by atoms with Crippen LogP contribution < -0.4 is 4.72 Å². The van der Waals surface area contributed by atoms with Gasteiger partial charge in [0, 0.05) is 37.6 Å². The van der Waals surface area contributed by atoms with Crippen molar-refractivity contribution < 1.29 is 25.6 Å². The van der Waals surface area contributed by atoms with Gasteiger partial charge < -0.3 is 4.90 Å². The Labute approximate surface area is 179 Å². The van der Waals surface area contributed by atoms with E-state index in [1.54, 1.807) is 11.3 Å². The summed E-state index contributed by atoms with van der Waals surface area (Å²) in [4.78, 5) is 4.68. The van der Waals surface area contributed by atoms with Gasteiger partial charge in [-0.1, -0.05) is 6.07 Å². The summed E-state index contributed by atoms with van der Waals surface area (Å²) in [5.41, 5.74) is 0. The maximum Gasteiger partial charge on any atom is 0.341 e. The second-order valence-electron chi connectivity index (χ2n) is 7.00. The molecule has 2 heterocycles. The molecule has 3 rings (SSSR count). The molecule has 2 aromatic rings. The molecule has 0 spiro atoms. The Hall–Kier alpha value is -1.44. The van der Waals surface area contributed by atoms with Crippen LogP contribution in [0.25, 0.3) is 0 Å². The molecule has 1 fully saturated rings. The minimum absolute atomic E-state index is 0.132. The van der Waals surface area contributed by atoms with Crippen LogP contribution in [0.3, 0.4) is 0 Å². The number of nitrogens with one attached hydrogen (secondary N) is 1. The Morgan fingerprint density at radius 3 is 2.13 bits per heavy atom. The van der Waals surface area contributed by atoms with Crippen molar-refractivity contribution in [3.8, 4) is 0 Å². The molecule has 1 aromatic heterocycles. The number of piperazine rings is 1. The molecule has 12 heteroatoms. The molecule has 1 saturated heterocycles. The van der Waals surface area contributed by atoms with Crippen LogP contribution >= 0.6 is 11.3 Å². The molecule has 0 radical (unpaired) electrons. The molecule has 1 aliphatic rings.